The van der Waals surface area contributed by atoms with Crippen LogP contribution in [0, 0.1) is 11.3 Å². The van der Waals surface area contributed by atoms with Gasteiger partial charge < -0.3 is 0 Å². The van der Waals surface area contributed by atoms with Gasteiger partial charge in [-0.2, -0.15) is 0 Å². The van der Waals surface area contributed by atoms with Crippen molar-refractivity contribution in [1.82, 2.24) is 9.55 Å². The first-order valence-corrected chi connectivity index (χ1v) is 10.7. The van der Waals surface area contributed by atoms with Crippen molar-refractivity contribution >= 4 is 27.5 Å². The van der Waals surface area contributed by atoms with Gasteiger partial charge in [-0.05, 0) is 49.0 Å². The lowest BCUT2D eigenvalue weighted by Gasteiger charge is -2.33. The smallest absolute Gasteiger partial charge is 0.264 e. The third-order valence-electron chi connectivity index (χ3n) is 6.41. The average molecular weight is 375 g/mol. The molecule has 2 aliphatic carbocycles. The van der Waals surface area contributed by atoms with Crippen molar-refractivity contribution in [2.24, 2.45) is 17.2 Å². The highest BCUT2D eigenvalue weighted by atomic mass is 32.1. The Bertz CT molecular complexity index is 871. The molecule has 0 radical (unpaired) electrons. The number of fused-ring (bicyclic) bond motifs is 3. The second-order valence-electron chi connectivity index (χ2n) is 9.04. The lowest BCUT2D eigenvalue weighted by atomic mass is 9.72. The van der Waals surface area contributed by atoms with Crippen molar-refractivity contribution in [2.45, 2.75) is 78.2 Å². The minimum Gasteiger partial charge on any atom is -0.294 e. The molecule has 2 aliphatic rings. The summed E-state index contributed by atoms with van der Waals surface area (Å²) < 4.78 is 1.85. The normalized spacial score (nSPS) is 21.8. The van der Waals surface area contributed by atoms with E-state index in [1.807, 2.05) is 4.57 Å². The molecule has 4 rings (SSSR count). The molecule has 2 aromatic heterocycles. The number of hydrogen-bond donors (Lipinski definition) is 2. The number of thiophene rings is 1. The van der Waals surface area contributed by atoms with Gasteiger partial charge >= 0.3 is 0 Å². The summed E-state index contributed by atoms with van der Waals surface area (Å²) in [6.07, 6.45) is 8.90. The van der Waals surface area contributed by atoms with E-state index in [2.05, 4.69) is 26.2 Å². The van der Waals surface area contributed by atoms with E-state index in [4.69, 9.17) is 10.8 Å². The second-order valence-corrected chi connectivity index (χ2v) is 10.1. The van der Waals surface area contributed by atoms with Gasteiger partial charge in [-0.25, -0.2) is 10.8 Å². The Labute approximate surface area is 159 Å². The van der Waals surface area contributed by atoms with Gasteiger partial charge in [-0.1, -0.05) is 40.0 Å². The number of hydrogen-bond acceptors (Lipinski definition) is 5. The van der Waals surface area contributed by atoms with Crippen molar-refractivity contribution in [3.63, 3.8) is 0 Å². The van der Waals surface area contributed by atoms with Crippen molar-refractivity contribution in [1.29, 1.82) is 0 Å². The van der Waals surface area contributed by atoms with E-state index in [1.54, 1.807) is 11.3 Å². The van der Waals surface area contributed by atoms with Crippen LogP contribution in [0.15, 0.2) is 4.79 Å². The van der Waals surface area contributed by atoms with Crippen LogP contribution in [-0.2, 0) is 12.8 Å². The van der Waals surface area contributed by atoms with Gasteiger partial charge in [0.25, 0.3) is 5.56 Å². The zero-order valence-corrected chi connectivity index (χ0v) is 16.9. The van der Waals surface area contributed by atoms with Gasteiger partial charge in [-0.15, -0.1) is 11.3 Å². The summed E-state index contributed by atoms with van der Waals surface area (Å²) in [4.78, 5) is 20.4. The lowest BCUT2D eigenvalue weighted by Crippen LogP contribution is -2.32. The highest BCUT2D eigenvalue weighted by Crippen LogP contribution is 2.42. The topological polar surface area (TPSA) is 72.9 Å². The molecule has 0 amide bonds. The molecule has 0 bridgehead atoms. The highest BCUT2D eigenvalue weighted by Gasteiger charge is 2.32. The molecule has 2 heterocycles. The number of hydrazine groups is 1. The number of nitrogens with two attached hydrogens (primary N) is 1. The number of anilines is 1. The van der Waals surface area contributed by atoms with Gasteiger partial charge in [0.05, 0.1) is 5.39 Å². The summed E-state index contributed by atoms with van der Waals surface area (Å²) in [6.45, 7) is 6.96. The van der Waals surface area contributed by atoms with Gasteiger partial charge in [0.15, 0.2) is 0 Å². The van der Waals surface area contributed by atoms with Crippen LogP contribution >= 0.6 is 11.3 Å². The van der Waals surface area contributed by atoms with Crippen LogP contribution in [0.3, 0.4) is 0 Å². The molecule has 1 unspecified atom stereocenters. The minimum atomic E-state index is 0.113. The second kappa shape index (κ2) is 6.64. The first kappa shape index (κ1) is 18.0. The fourth-order valence-corrected chi connectivity index (χ4v) is 6.05. The summed E-state index contributed by atoms with van der Waals surface area (Å²) in [6, 6.07) is 0.223. The zero-order chi connectivity index (χ0) is 18.5. The van der Waals surface area contributed by atoms with Crippen molar-refractivity contribution in [2.75, 3.05) is 5.43 Å². The predicted octanol–water partition coefficient (Wildman–Crippen LogP) is 4.40. The minimum absolute atomic E-state index is 0.113. The van der Waals surface area contributed by atoms with Gasteiger partial charge in [-0.3, -0.25) is 14.8 Å². The van der Waals surface area contributed by atoms with Crippen LogP contribution in [0.2, 0.25) is 0 Å². The van der Waals surface area contributed by atoms with E-state index in [1.165, 1.54) is 29.7 Å². The third-order valence-corrected chi connectivity index (χ3v) is 7.56. The molecule has 0 aromatic carbocycles. The van der Waals surface area contributed by atoms with Crippen LogP contribution in [0.1, 0.15) is 75.8 Å². The molecule has 3 N–H and O–H groups in total. The van der Waals surface area contributed by atoms with E-state index in [9.17, 15) is 4.79 Å². The number of aryl methyl sites for hydroxylation is 1. The number of aromatic nitrogens is 2. The highest BCUT2D eigenvalue weighted by molar-refractivity contribution is 7.18. The molecule has 1 saturated carbocycles. The summed E-state index contributed by atoms with van der Waals surface area (Å²) in [7, 11) is 0. The van der Waals surface area contributed by atoms with E-state index in [0.29, 0.717) is 17.3 Å². The van der Waals surface area contributed by atoms with Gasteiger partial charge in [0.2, 0.25) is 5.95 Å². The first-order valence-electron chi connectivity index (χ1n) is 9.93. The van der Waals surface area contributed by atoms with E-state index < -0.39 is 0 Å². The molecule has 0 aliphatic heterocycles. The SMILES string of the molecule is CC(C)(C)C1CCc2c(sc3nc(NN)n(C4CCCCC4)c(=O)c23)C1. The monoisotopic (exact) mass is 374 g/mol. The van der Waals surface area contributed by atoms with Crippen LogP contribution in [0.4, 0.5) is 5.95 Å². The Hall–Kier alpha value is -1.40. The molecule has 26 heavy (non-hydrogen) atoms. The maximum Gasteiger partial charge on any atom is 0.264 e. The zero-order valence-electron chi connectivity index (χ0n) is 16.1. The largest absolute Gasteiger partial charge is 0.294 e. The van der Waals surface area contributed by atoms with E-state index in [-0.39, 0.29) is 11.6 Å². The Morgan fingerprint density at radius 1 is 1.19 bits per heavy atom. The molecule has 2 aromatic rings. The van der Waals surface area contributed by atoms with E-state index >= 15 is 0 Å². The lowest BCUT2D eigenvalue weighted by molar-refractivity contribution is 0.218. The summed E-state index contributed by atoms with van der Waals surface area (Å²) >= 11 is 1.70. The van der Waals surface area contributed by atoms with Crippen molar-refractivity contribution in [3.05, 3.63) is 20.8 Å². The summed E-state index contributed by atoms with van der Waals surface area (Å²) in [5.74, 6) is 6.94. The summed E-state index contributed by atoms with van der Waals surface area (Å²) in [5, 5.41) is 0.863. The first-order chi connectivity index (χ1) is 12.4. The maximum absolute atomic E-state index is 13.5. The Morgan fingerprint density at radius 2 is 1.92 bits per heavy atom. The van der Waals surface area contributed by atoms with Crippen LogP contribution in [0.5, 0.6) is 0 Å². The van der Waals surface area contributed by atoms with Crippen LogP contribution in [0.25, 0.3) is 10.2 Å². The number of nitrogens with one attached hydrogen (secondary N) is 1. The fraction of sp³-hybridized carbons (Fsp3) is 0.700. The molecule has 6 heteroatoms. The molecular weight excluding hydrogens is 344 g/mol. The van der Waals surface area contributed by atoms with Crippen LogP contribution in [-0.4, -0.2) is 9.55 Å². The quantitative estimate of drug-likeness (QED) is 0.604. The molecule has 5 nitrogen and oxygen atoms in total. The van der Waals surface area contributed by atoms with Crippen molar-refractivity contribution < 1.29 is 0 Å². The van der Waals surface area contributed by atoms with Crippen LogP contribution < -0.4 is 16.8 Å². The average Bonchev–Trinajstić information content (AvgIpc) is 2.99. The van der Waals surface area contributed by atoms with Crippen molar-refractivity contribution in [3.8, 4) is 0 Å². The molecule has 142 valence electrons. The number of nitrogens with zero attached hydrogens (tertiary/aromatic N) is 2. The Kier molecular flexibility index (Phi) is 4.59. The number of nitrogen functional groups attached to an aromatic ring is 1. The fourth-order valence-electron chi connectivity index (χ4n) is 4.76. The van der Waals surface area contributed by atoms with E-state index in [0.717, 1.165) is 42.3 Å². The Morgan fingerprint density at radius 3 is 2.58 bits per heavy atom. The molecule has 0 spiro atoms. The third kappa shape index (κ3) is 2.97. The van der Waals surface area contributed by atoms with Gasteiger partial charge in [0, 0.05) is 10.9 Å². The standard InChI is InChI=1S/C20H30N4OS/c1-20(2,3)12-9-10-14-15(11-12)26-17-16(14)18(25)24(19(22-17)23-21)13-7-5-4-6-8-13/h12-13H,4-11,21H2,1-3H3,(H,22,23). The number of rotatable bonds is 2. The molecule has 1 fully saturated rings. The molecular formula is C20H30N4OS. The maximum atomic E-state index is 13.5. The summed E-state index contributed by atoms with van der Waals surface area (Å²) in [5.41, 5.74) is 4.37. The van der Waals surface area contributed by atoms with Gasteiger partial charge in [0.1, 0.15) is 4.83 Å². The molecule has 1 atom stereocenters. The predicted molar refractivity (Wildman–Crippen MR) is 109 cm³/mol. The Balaban J connectivity index is 1.84. The molecule has 0 saturated heterocycles.